The van der Waals surface area contributed by atoms with Crippen molar-refractivity contribution in [3.63, 3.8) is 0 Å². The minimum absolute atomic E-state index is 0.0787. The van der Waals surface area contributed by atoms with Gasteiger partial charge >= 0.3 is 0 Å². The lowest BCUT2D eigenvalue weighted by molar-refractivity contribution is -0.122. The SMILES string of the molecule is O=C1CCC(Nc2cc(Cl)nnc2Cl)CN1. The van der Waals surface area contributed by atoms with Crippen LogP contribution in [0, 0.1) is 0 Å². The lowest BCUT2D eigenvalue weighted by atomic mass is 10.1. The second-order valence-corrected chi connectivity index (χ2v) is 4.30. The summed E-state index contributed by atoms with van der Waals surface area (Å²) in [5.74, 6) is 0.0787. The Balaban J connectivity index is 2.03. The third-order valence-electron chi connectivity index (χ3n) is 2.34. The van der Waals surface area contributed by atoms with Gasteiger partial charge in [0.25, 0.3) is 0 Å². The lowest BCUT2D eigenvalue weighted by Gasteiger charge is -2.24. The predicted molar refractivity (Wildman–Crippen MR) is 61.7 cm³/mol. The fourth-order valence-corrected chi connectivity index (χ4v) is 1.82. The molecule has 2 rings (SSSR count). The van der Waals surface area contributed by atoms with E-state index in [0.717, 1.165) is 6.42 Å². The minimum Gasteiger partial charge on any atom is -0.378 e. The van der Waals surface area contributed by atoms with Gasteiger partial charge in [-0.2, -0.15) is 0 Å². The van der Waals surface area contributed by atoms with E-state index in [0.29, 0.717) is 18.7 Å². The summed E-state index contributed by atoms with van der Waals surface area (Å²) in [6.45, 7) is 0.578. The average Bonchev–Trinajstić information content (AvgIpc) is 2.27. The molecule has 2 N–H and O–H groups in total. The van der Waals surface area contributed by atoms with Crippen LogP contribution in [0.4, 0.5) is 5.69 Å². The Morgan fingerprint density at radius 3 is 2.94 bits per heavy atom. The monoisotopic (exact) mass is 260 g/mol. The Labute approximate surface area is 103 Å². The van der Waals surface area contributed by atoms with Gasteiger partial charge in [-0.3, -0.25) is 4.79 Å². The van der Waals surface area contributed by atoms with Gasteiger partial charge in [-0.1, -0.05) is 23.2 Å². The van der Waals surface area contributed by atoms with Crippen molar-refractivity contribution in [2.75, 3.05) is 11.9 Å². The fraction of sp³-hybridized carbons (Fsp3) is 0.444. The largest absolute Gasteiger partial charge is 0.378 e. The van der Waals surface area contributed by atoms with Crippen LogP contribution in [0.2, 0.25) is 10.3 Å². The summed E-state index contributed by atoms with van der Waals surface area (Å²) in [5.41, 5.74) is 0.641. The van der Waals surface area contributed by atoms with Crippen molar-refractivity contribution in [3.05, 3.63) is 16.4 Å². The molecule has 0 radical (unpaired) electrons. The molecule has 1 atom stereocenters. The number of amides is 1. The summed E-state index contributed by atoms with van der Waals surface area (Å²) in [7, 11) is 0. The van der Waals surface area contributed by atoms with Crippen LogP contribution >= 0.6 is 23.2 Å². The first-order valence-corrected chi connectivity index (χ1v) is 5.62. The van der Waals surface area contributed by atoms with E-state index in [1.54, 1.807) is 6.07 Å². The zero-order chi connectivity index (χ0) is 11.5. The molecule has 1 aromatic heterocycles. The number of piperidine rings is 1. The van der Waals surface area contributed by atoms with Gasteiger partial charge in [0.05, 0.1) is 5.69 Å². The number of hydrogen-bond acceptors (Lipinski definition) is 4. The maximum Gasteiger partial charge on any atom is 0.220 e. The molecule has 0 aliphatic carbocycles. The van der Waals surface area contributed by atoms with Crippen LogP contribution in [0.1, 0.15) is 12.8 Å². The van der Waals surface area contributed by atoms with E-state index in [-0.39, 0.29) is 22.3 Å². The molecule has 1 aliphatic rings. The Morgan fingerprint density at radius 2 is 2.25 bits per heavy atom. The number of halogens is 2. The molecule has 0 aromatic carbocycles. The summed E-state index contributed by atoms with van der Waals surface area (Å²) < 4.78 is 0. The quantitative estimate of drug-likeness (QED) is 0.846. The Hall–Kier alpha value is -1.07. The van der Waals surface area contributed by atoms with Gasteiger partial charge in [0.2, 0.25) is 5.91 Å². The first kappa shape index (κ1) is 11.4. The highest BCUT2D eigenvalue weighted by molar-refractivity contribution is 6.33. The maximum atomic E-state index is 11.0. The topological polar surface area (TPSA) is 66.9 Å². The van der Waals surface area contributed by atoms with E-state index < -0.39 is 0 Å². The predicted octanol–water partition coefficient (Wildman–Crippen LogP) is 1.47. The second kappa shape index (κ2) is 4.84. The highest BCUT2D eigenvalue weighted by Crippen LogP contribution is 2.22. The van der Waals surface area contributed by atoms with Gasteiger partial charge in [0, 0.05) is 25.1 Å². The van der Waals surface area contributed by atoms with Crippen molar-refractivity contribution >= 4 is 34.8 Å². The summed E-state index contributed by atoms with van der Waals surface area (Å²) in [4.78, 5) is 11.0. The second-order valence-electron chi connectivity index (χ2n) is 3.56. The van der Waals surface area contributed by atoms with Crippen LogP contribution in [0.15, 0.2) is 6.07 Å². The van der Waals surface area contributed by atoms with E-state index in [1.165, 1.54) is 0 Å². The normalized spacial score (nSPS) is 20.4. The Kier molecular flexibility index (Phi) is 3.46. The zero-order valence-electron chi connectivity index (χ0n) is 8.33. The fourth-order valence-electron chi connectivity index (χ4n) is 1.53. The van der Waals surface area contributed by atoms with Crippen LogP contribution in [0.5, 0.6) is 0 Å². The Bertz CT molecular complexity index is 402. The van der Waals surface area contributed by atoms with Crippen molar-refractivity contribution in [1.29, 1.82) is 0 Å². The molecule has 0 spiro atoms. The molecule has 1 amide bonds. The van der Waals surface area contributed by atoms with Gasteiger partial charge < -0.3 is 10.6 Å². The van der Waals surface area contributed by atoms with Crippen LogP contribution in [0.25, 0.3) is 0 Å². The molecule has 1 aromatic rings. The van der Waals surface area contributed by atoms with Crippen LogP contribution < -0.4 is 10.6 Å². The smallest absolute Gasteiger partial charge is 0.220 e. The summed E-state index contributed by atoms with van der Waals surface area (Å²) in [5, 5.41) is 13.8. The molecule has 0 bridgehead atoms. The lowest BCUT2D eigenvalue weighted by Crippen LogP contribution is -2.41. The van der Waals surface area contributed by atoms with Gasteiger partial charge in [-0.15, -0.1) is 10.2 Å². The third kappa shape index (κ3) is 2.74. The van der Waals surface area contributed by atoms with E-state index in [9.17, 15) is 4.79 Å². The van der Waals surface area contributed by atoms with Gasteiger partial charge in [-0.05, 0) is 6.42 Å². The third-order valence-corrected chi connectivity index (χ3v) is 2.81. The molecule has 1 fully saturated rings. The van der Waals surface area contributed by atoms with Crippen LogP contribution in [-0.2, 0) is 4.79 Å². The van der Waals surface area contributed by atoms with Crippen molar-refractivity contribution < 1.29 is 4.79 Å². The molecule has 5 nitrogen and oxygen atoms in total. The number of nitrogens with one attached hydrogen (secondary N) is 2. The molecule has 16 heavy (non-hydrogen) atoms. The first-order valence-electron chi connectivity index (χ1n) is 4.87. The number of carbonyl (C=O) groups excluding carboxylic acids is 1. The first-order chi connectivity index (χ1) is 7.65. The van der Waals surface area contributed by atoms with E-state index in [2.05, 4.69) is 20.8 Å². The molecule has 7 heteroatoms. The Morgan fingerprint density at radius 1 is 1.44 bits per heavy atom. The molecular weight excluding hydrogens is 251 g/mol. The number of carbonyl (C=O) groups is 1. The molecule has 86 valence electrons. The summed E-state index contributed by atoms with van der Waals surface area (Å²) in [6.07, 6.45) is 1.28. The van der Waals surface area contributed by atoms with Gasteiger partial charge in [0.1, 0.15) is 0 Å². The van der Waals surface area contributed by atoms with E-state index in [4.69, 9.17) is 23.2 Å². The van der Waals surface area contributed by atoms with Crippen LogP contribution in [0.3, 0.4) is 0 Å². The number of rotatable bonds is 2. The standard InChI is InChI=1S/C9H10Cl2N4O/c10-7-3-6(9(11)15-14-7)13-5-1-2-8(16)12-4-5/h3,5H,1-2,4H2,(H,12,16)(H,13,14). The molecular formula is C9H10Cl2N4O. The molecule has 1 saturated heterocycles. The maximum absolute atomic E-state index is 11.0. The van der Waals surface area contributed by atoms with Crippen molar-refractivity contribution in [1.82, 2.24) is 15.5 Å². The highest BCUT2D eigenvalue weighted by Gasteiger charge is 2.18. The zero-order valence-corrected chi connectivity index (χ0v) is 9.85. The molecule has 1 unspecified atom stereocenters. The average molecular weight is 261 g/mol. The molecule has 2 heterocycles. The summed E-state index contributed by atoms with van der Waals surface area (Å²) >= 11 is 11.6. The highest BCUT2D eigenvalue weighted by atomic mass is 35.5. The number of aromatic nitrogens is 2. The van der Waals surface area contributed by atoms with Crippen molar-refractivity contribution in [3.8, 4) is 0 Å². The molecule has 1 aliphatic heterocycles. The van der Waals surface area contributed by atoms with Crippen LogP contribution in [-0.4, -0.2) is 28.7 Å². The minimum atomic E-state index is 0.0787. The van der Waals surface area contributed by atoms with E-state index >= 15 is 0 Å². The number of nitrogens with zero attached hydrogens (tertiary/aromatic N) is 2. The van der Waals surface area contributed by atoms with Crippen molar-refractivity contribution in [2.24, 2.45) is 0 Å². The van der Waals surface area contributed by atoms with Gasteiger partial charge in [-0.25, -0.2) is 0 Å². The van der Waals surface area contributed by atoms with E-state index in [1.807, 2.05) is 0 Å². The van der Waals surface area contributed by atoms with Crippen molar-refractivity contribution in [2.45, 2.75) is 18.9 Å². The number of hydrogen-bond donors (Lipinski definition) is 2. The number of anilines is 1. The van der Waals surface area contributed by atoms with Gasteiger partial charge in [0.15, 0.2) is 10.3 Å². The summed E-state index contributed by atoms with van der Waals surface area (Å²) in [6, 6.07) is 1.77. The molecule has 0 saturated carbocycles.